The minimum absolute atomic E-state index is 0.00783. The number of halogens is 2. The number of thioether (sulfide) groups is 1. The third-order valence-corrected chi connectivity index (χ3v) is 8.18. The Morgan fingerprint density at radius 3 is 2.66 bits per heavy atom. The molecule has 2 heterocycles. The van der Waals surface area contributed by atoms with Gasteiger partial charge in [0.2, 0.25) is 21.1 Å². The Bertz CT molecular complexity index is 1280. The zero-order valence-corrected chi connectivity index (χ0v) is 21.4. The Balaban J connectivity index is 1.32. The van der Waals surface area contributed by atoms with Crippen molar-refractivity contribution in [2.75, 3.05) is 37.4 Å². The molecule has 3 aromatic rings. The molecule has 14 heteroatoms. The van der Waals surface area contributed by atoms with Crippen LogP contribution in [0.3, 0.4) is 0 Å². The van der Waals surface area contributed by atoms with E-state index in [2.05, 4.69) is 20.5 Å². The van der Waals surface area contributed by atoms with E-state index in [1.807, 2.05) is 0 Å². The number of morpholine rings is 1. The molecule has 2 N–H and O–H groups in total. The highest BCUT2D eigenvalue weighted by atomic mass is 35.5. The number of H-pyrrole nitrogens is 1. The van der Waals surface area contributed by atoms with E-state index in [4.69, 9.17) is 32.7 Å². The largest absolute Gasteiger partial charge is 0.486 e. The Labute approximate surface area is 216 Å². The Morgan fingerprint density at radius 1 is 1.17 bits per heavy atom. The smallest absolute Gasteiger partial charge is 0.243 e. The Kier molecular flexibility index (Phi) is 8.52. The molecule has 0 atom stereocenters. The number of nitrogens with one attached hydrogen (secondary N) is 2. The highest BCUT2D eigenvalue weighted by Crippen LogP contribution is 2.28. The molecule has 1 aromatic heterocycles. The van der Waals surface area contributed by atoms with Crippen molar-refractivity contribution >= 4 is 56.6 Å². The van der Waals surface area contributed by atoms with Crippen LogP contribution in [0.25, 0.3) is 0 Å². The van der Waals surface area contributed by atoms with Gasteiger partial charge in [-0.1, -0.05) is 35.0 Å². The number of benzene rings is 2. The first-order valence-corrected chi connectivity index (χ1v) is 13.6. The fourth-order valence-corrected chi connectivity index (χ4v) is 5.45. The average Bonchev–Trinajstić information content (AvgIpc) is 3.32. The Morgan fingerprint density at radius 2 is 1.91 bits per heavy atom. The van der Waals surface area contributed by atoms with Crippen LogP contribution in [0.2, 0.25) is 10.0 Å². The number of hydrogen-bond acceptors (Lipinski definition) is 8. The van der Waals surface area contributed by atoms with E-state index < -0.39 is 10.0 Å². The predicted octanol–water partition coefficient (Wildman–Crippen LogP) is 3.44. The maximum atomic E-state index is 12.9. The molecule has 2 aromatic carbocycles. The number of rotatable bonds is 9. The van der Waals surface area contributed by atoms with Crippen LogP contribution < -0.4 is 10.1 Å². The molecule has 0 spiro atoms. The summed E-state index contributed by atoms with van der Waals surface area (Å²) in [6, 6.07) is 11.1. The van der Waals surface area contributed by atoms with Crippen LogP contribution in [-0.2, 0) is 26.2 Å². The summed E-state index contributed by atoms with van der Waals surface area (Å²) in [7, 11) is -3.72. The van der Waals surface area contributed by atoms with Gasteiger partial charge in [0.1, 0.15) is 12.4 Å². The highest BCUT2D eigenvalue weighted by molar-refractivity contribution is 7.99. The molecule has 4 rings (SSSR count). The first-order valence-electron chi connectivity index (χ1n) is 10.4. The van der Waals surface area contributed by atoms with Gasteiger partial charge >= 0.3 is 0 Å². The minimum Gasteiger partial charge on any atom is -0.486 e. The average molecular weight is 558 g/mol. The molecular weight excluding hydrogens is 537 g/mol. The summed E-state index contributed by atoms with van der Waals surface area (Å²) < 4.78 is 37.9. The van der Waals surface area contributed by atoms with Gasteiger partial charge in [0.15, 0.2) is 5.82 Å². The zero-order chi connectivity index (χ0) is 24.8. The first-order chi connectivity index (χ1) is 16.8. The van der Waals surface area contributed by atoms with E-state index in [1.54, 1.807) is 24.3 Å². The van der Waals surface area contributed by atoms with Crippen LogP contribution in [0.5, 0.6) is 5.75 Å². The van der Waals surface area contributed by atoms with Crippen molar-refractivity contribution in [3.05, 3.63) is 58.3 Å². The molecule has 0 bridgehead atoms. The maximum absolute atomic E-state index is 12.9. The molecule has 0 aliphatic carbocycles. The summed E-state index contributed by atoms with van der Waals surface area (Å²) in [6.07, 6.45) is 0. The summed E-state index contributed by atoms with van der Waals surface area (Å²) in [4.78, 5) is 16.8. The number of hydrogen-bond donors (Lipinski definition) is 2. The van der Waals surface area contributed by atoms with Gasteiger partial charge in [-0.25, -0.2) is 13.4 Å². The summed E-state index contributed by atoms with van der Waals surface area (Å²) in [5.41, 5.74) is 0.207. The quantitative estimate of drug-likeness (QED) is 0.383. The molecule has 35 heavy (non-hydrogen) atoms. The zero-order valence-electron chi connectivity index (χ0n) is 18.2. The number of sulfonamides is 1. The molecule has 0 radical (unpaired) electrons. The van der Waals surface area contributed by atoms with Crippen LogP contribution in [0.4, 0.5) is 5.69 Å². The number of ether oxygens (including phenoxy) is 2. The topological polar surface area (TPSA) is 127 Å². The third-order valence-electron chi connectivity index (χ3n) is 4.85. The molecule has 1 amide bonds. The van der Waals surface area contributed by atoms with Gasteiger partial charge in [0.05, 0.1) is 34.6 Å². The molecule has 10 nitrogen and oxygen atoms in total. The number of aromatic nitrogens is 3. The predicted molar refractivity (Wildman–Crippen MR) is 133 cm³/mol. The van der Waals surface area contributed by atoms with Crippen molar-refractivity contribution in [3.8, 4) is 5.75 Å². The molecule has 0 unspecified atom stereocenters. The van der Waals surface area contributed by atoms with Crippen LogP contribution in [0.1, 0.15) is 5.82 Å². The van der Waals surface area contributed by atoms with Crippen molar-refractivity contribution < 1.29 is 22.7 Å². The van der Waals surface area contributed by atoms with Crippen molar-refractivity contribution in [2.24, 2.45) is 0 Å². The summed E-state index contributed by atoms with van der Waals surface area (Å²) >= 11 is 13.2. The van der Waals surface area contributed by atoms with E-state index in [0.717, 1.165) is 11.8 Å². The van der Waals surface area contributed by atoms with Crippen LogP contribution in [0, 0.1) is 0 Å². The molecular formula is C21H21Cl2N5O5S2. The van der Waals surface area contributed by atoms with Gasteiger partial charge < -0.3 is 14.8 Å². The van der Waals surface area contributed by atoms with Crippen molar-refractivity contribution in [1.29, 1.82) is 0 Å². The van der Waals surface area contributed by atoms with Crippen LogP contribution >= 0.6 is 35.0 Å². The lowest BCUT2D eigenvalue weighted by Gasteiger charge is -2.26. The second-order valence-electron chi connectivity index (χ2n) is 7.30. The second kappa shape index (κ2) is 11.6. The standard InChI is InChI=1S/C21H21Cl2N5O5S2/c22-14-1-3-15(4-2-14)33-12-19-25-21(27-26-19)34-13-20(29)24-18-11-16(5-6-17(18)23)35(30,31)28-7-9-32-10-8-28/h1-6,11H,7-10,12-13H2,(H,24,29)(H,25,26,27). The van der Waals surface area contributed by atoms with Gasteiger partial charge in [0, 0.05) is 18.1 Å². The molecule has 186 valence electrons. The summed E-state index contributed by atoms with van der Waals surface area (Å²) in [5, 5.41) is 10.7. The van der Waals surface area contributed by atoms with Crippen molar-refractivity contribution in [1.82, 2.24) is 19.5 Å². The molecule has 1 saturated heterocycles. The normalized spacial score (nSPS) is 14.6. The number of carbonyl (C=O) groups is 1. The lowest BCUT2D eigenvalue weighted by atomic mass is 10.3. The van der Waals surface area contributed by atoms with E-state index in [1.165, 1.54) is 22.5 Å². The number of amides is 1. The lowest BCUT2D eigenvalue weighted by molar-refractivity contribution is -0.113. The summed E-state index contributed by atoms with van der Waals surface area (Å²) in [5.74, 6) is 0.731. The number of aromatic amines is 1. The monoisotopic (exact) mass is 557 g/mol. The van der Waals surface area contributed by atoms with Crippen molar-refractivity contribution in [2.45, 2.75) is 16.7 Å². The summed E-state index contributed by atoms with van der Waals surface area (Å²) in [6.45, 7) is 1.38. The molecule has 1 aliphatic heterocycles. The number of anilines is 1. The van der Waals surface area contributed by atoms with Gasteiger partial charge in [-0.3, -0.25) is 9.89 Å². The lowest BCUT2D eigenvalue weighted by Crippen LogP contribution is -2.40. The molecule has 0 saturated carbocycles. The SMILES string of the molecule is O=C(CSc1n[nH]c(COc2ccc(Cl)cc2)n1)Nc1cc(S(=O)(=O)N2CCOCC2)ccc1Cl. The van der Waals surface area contributed by atoms with Crippen LogP contribution in [0.15, 0.2) is 52.5 Å². The van der Waals surface area contributed by atoms with E-state index in [0.29, 0.717) is 35.0 Å². The van der Waals surface area contributed by atoms with Crippen molar-refractivity contribution in [3.63, 3.8) is 0 Å². The fraction of sp³-hybridized carbons (Fsp3) is 0.286. The van der Waals surface area contributed by atoms with Crippen LogP contribution in [-0.4, -0.2) is 65.9 Å². The van der Waals surface area contributed by atoms with Gasteiger partial charge in [-0.05, 0) is 42.5 Å². The van der Waals surface area contributed by atoms with E-state index in [9.17, 15) is 13.2 Å². The fourth-order valence-electron chi connectivity index (χ4n) is 3.10. The minimum atomic E-state index is -3.72. The highest BCUT2D eigenvalue weighted by Gasteiger charge is 2.27. The number of nitrogens with zero attached hydrogens (tertiary/aromatic N) is 3. The van der Waals surface area contributed by atoms with Gasteiger partial charge in [0.25, 0.3) is 0 Å². The van der Waals surface area contributed by atoms with E-state index >= 15 is 0 Å². The van der Waals surface area contributed by atoms with Gasteiger partial charge in [-0.15, -0.1) is 5.10 Å². The first kappa shape index (κ1) is 25.7. The maximum Gasteiger partial charge on any atom is 0.243 e. The second-order valence-corrected chi connectivity index (χ2v) is 11.0. The Hall–Kier alpha value is -2.35. The molecule has 1 fully saturated rings. The van der Waals surface area contributed by atoms with E-state index in [-0.39, 0.29) is 47.0 Å². The third kappa shape index (κ3) is 6.87. The number of carbonyl (C=O) groups excluding carboxylic acids is 1. The van der Waals surface area contributed by atoms with Gasteiger partial charge in [-0.2, -0.15) is 4.31 Å². The molecule has 1 aliphatic rings.